The first kappa shape index (κ1) is 15.9. The monoisotopic (exact) mass is 317 g/mol. The Kier molecular flexibility index (Phi) is 4.64. The molecule has 8 nitrogen and oxygen atoms in total. The number of hydrogen-bond acceptors (Lipinski definition) is 5. The van der Waals surface area contributed by atoms with E-state index in [0.717, 1.165) is 0 Å². The first-order chi connectivity index (χ1) is 9.87. The van der Waals surface area contributed by atoms with Gasteiger partial charge in [-0.2, -0.15) is 4.31 Å². The molecule has 0 spiro atoms. The van der Waals surface area contributed by atoms with Crippen molar-refractivity contribution in [3.8, 4) is 0 Å². The first-order valence-corrected chi connectivity index (χ1v) is 8.12. The van der Waals surface area contributed by atoms with E-state index < -0.39 is 28.0 Å². The van der Waals surface area contributed by atoms with Gasteiger partial charge < -0.3 is 14.4 Å². The SMILES string of the molecule is CCCN(C1COCC1C(=O)O)S(=O)(=O)c1cn(C)cn1. The molecule has 21 heavy (non-hydrogen) atoms. The summed E-state index contributed by atoms with van der Waals surface area (Å²) in [5, 5.41) is 9.15. The summed E-state index contributed by atoms with van der Waals surface area (Å²) < 4.78 is 33.3. The van der Waals surface area contributed by atoms with E-state index in [4.69, 9.17) is 4.74 Å². The van der Waals surface area contributed by atoms with Crippen LogP contribution in [0.15, 0.2) is 17.6 Å². The molecule has 1 aromatic rings. The largest absolute Gasteiger partial charge is 0.481 e. The standard InChI is InChI=1S/C12H19N3O5S/c1-3-4-15(10-7-20-6-9(10)12(16)17)21(18,19)11-5-14(2)8-13-11/h5,8-10H,3-4,6-7H2,1-2H3,(H,16,17). The Morgan fingerprint density at radius 2 is 2.29 bits per heavy atom. The van der Waals surface area contributed by atoms with E-state index >= 15 is 0 Å². The zero-order chi connectivity index (χ0) is 15.6. The highest BCUT2D eigenvalue weighted by Gasteiger charge is 2.43. The lowest BCUT2D eigenvalue weighted by molar-refractivity contribution is -0.142. The second-order valence-electron chi connectivity index (χ2n) is 5.04. The van der Waals surface area contributed by atoms with Gasteiger partial charge in [-0.1, -0.05) is 6.92 Å². The van der Waals surface area contributed by atoms with Crippen LogP contribution in [0.2, 0.25) is 0 Å². The average molecular weight is 317 g/mol. The highest BCUT2D eigenvalue weighted by atomic mass is 32.2. The van der Waals surface area contributed by atoms with E-state index in [1.165, 1.54) is 21.4 Å². The van der Waals surface area contributed by atoms with Gasteiger partial charge in [0.15, 0.2) is 5.03 Å². The number of ether oxygens (including phenoxy) is 1. The average Bonchev–Trinajstić information content (AvgIpc) is 3.04. The fraction of sp³-hybridized carbons (Fsp3) is 0.667. The maximum Gasteiger partial charge on any atom is 0.310 e. The third-order valence-electron chi connectivity index (χ3n) is 3.44. The Morgan fingerprint density at radius 1 is 1.57 bits per heavy atom. The number of imidazole rings is 1. The van der Waals surface area contributed by atoms with Gasteiger partial charge in [0.2, 0.25) is 0 Å². The number of aromatic nitrogens is 2. The summed E-state index contributed by atoms with van der Waals surface area (Å²) in [6, 6.07) is -0.700. The third-order valence-corrected chi connectivity index (χ3v) is 5.25. The summed E-state index contributed by atoms with van der Waals surface area (Å²) in [7, 11) is -2.16. The quantitative estimate of drug-likeness (QED) is 0.787. The van der Waals surface area contributed by atoms with Gasteiger partial charge in [-0.05, 0) is 6.42 Å². The number of sulfonamides is 1. The van der Waals surface area contributed by atoms with Crippen LogP contribution in [-0.4, -0.2) is 59.2 Å². The fourth-order valence-electron chi connectivity index (χ4n) is 2.39. The van der Waals surface area contributed by atoms with Crippen LogP contribution in [0.3, 0.4) is 0 Å². The van der Waals surface area contributed by atoms with E-state index in [0.29, 0.717) is 6.42 Å². The molecule has 0 amide bonds. The van der Waals surface area contributed by atoms with Crippen LogP contribution in [0.25, 0.3) is 0 Å². The Morgan fingerprint density at radius 3 is 2.81 bits per heavy atom. The Hall–Kier alpha value is -1.45. The van der Waals surface area contributed by atoms with E-state index in [1.807, 2.05) is 6.92 Å². The number of hydrogen-bond donors (Lipinski definition) is 1. The van der Waals surface area contributed by atoms with Crippen LogP contribution in [0, 0.1) is 5.92 Å². The second-order valence-corrected chi connectivity index (χ2v) is 6.88. The number of aryl methyl sites for hydroxylation is 1. The fourth-order valence-corrected chi connectivity index (χ4v) is 4.10. The van der Waals surface area contributed by atoms with Crippen LogP contribution in [0.5, 0.6) is 0 Å². The summed E-state index contributed by atoms with van der Waals surface area (Å²) in [5.41, 5.74) is 0. The van der Waals surface area contributed by atoms with E-state index in [9.17, 15) is 18.3 Å². The minimum absolute atomic E-state index is 0.0257. The van der Waals surface area contributed by atoms with Crippen molar-refractivity contribution in [2.45, 2.75) is 24.4 Å². The van der Waals surface area contributed by atoms with E-state index in [1.54, 1.807) is 7.05 Å². The van der Waals surface area contributed by atoms with Crippen LogP contribution >= 0.6 is 0 Å². The van der Waals surface area contributed by atoms with Crippen molar-refractivity contribution in [1.82, 2.24) is 13.9 Å². The van der Waals surface area contributed by atoms with Gasteiger partial charge in [-0.3, -0.25) is 4.79 Å². The topological polar surface area (TPSA) is 102 Å². The number of nitrogens with zero attached hydrogens (tertiary/aromatic N) is 3. The molecule has 0 aliphatic carbocycles. The van der Waals surface area contributed by atoms with Crippen molar-refractivity contribution in [2.24, 2.45) is 13.0 Å². The Labute approximate surface area is 123 Å². The maximum atomic E-state index is 12.7. The molecule has 0 bridgehead atoms. The van der Waals surface area contributed by atoms with Gasteiger partial charge in [0.05, 0.1) is 31.5 Å². The molecule has 0 radical (unpaired) electrons. The lowest BCUT2D eigenvalue weighted by Crippen LogP contribution is -2.46. The van der Waals surface area contributed by atoms with E-state index in [-0.39, 0.29) is 24.8 Å². The molecule has 1 aliphatic rings. The van der Waals surface area contributed by atoms with Crippen molar-refractivity contribution in [1.29, 1.82) is 0 Å². The molecule has 1 saturated heterocycles. The van der Waals surface area contributed by atoms with Crippen LogP contribution in [0.1, 0.15) is 13.3 Å². The number of carboxylic acids is 1. The molecule has 1 aliphatic heterocycles. The minimum Gasteiger partial charge on any atom is -0.481 e. The van der Waals surface area contributed by atoms with Crippen molar-refractivity contribution >= 4 is 16.0 Å². The maximum absolute atomic E-state index is 12.7. The molecule has 118 valence electrons. The smallest absolute Gasteiger partial charge is 0.310 e. The molecule has 1 fully saturated rings. The molecular formula is C12H19N3O5S. The summed E-state index contributed by atoms with van der Waals surface area (Å²) >= 11 is 0. The van der Waals surface area contributed by atoms with Gasteiger partial charge in [-0.25, -0.2) is 13.4 Å². The number of aliphatic carboxylic acids is 1. The summed E-state index contributed by atoms with van der Waals surface area (Å²) in [6.45, 7) is 2.18. The van der Waals surface area contributed by atoms with Crippen molar-refractivity contribution in [3.63, 3.8) is 0 Å². The first-order valence-electron chi connectivity index (χ1n) is 6.68. The lowest BCUT2D eigenvalue weighted by Gasteiger charge is -2.28. The van der Waals surface area contributed by atoms with Gasteiger partial charge in [0.25, 0.3) is 10.0 Å². The molecule has 1 aromatic heterocycles. The Bertz CT molecular complexity index is 612. The van der Waals surface area contributed by atoms with Crippen LogP contribution < -0.4 is 0 Å². The lowest BCUT2D eigenvalue weighted by atomic mass is 10.0. The third kappa shape index (κ3) is 3.09. The number of carboxylic acid groups (broad SMARTS) is 1. The van der Waals surface area contributed by atoms with E-state index in [2.05, 4.69) is 4.98 Å². The highest BCUT2D eigenvalue weighted by molar-refractivity contribution is 7.89. The number of carbonyl (C=O) groups is 1. The molecule has 2 heterocycles. The van der Waals surface area contributed by atoms with Crippen molar-refractivity contribution in [3.05, 3.63) is 12.5 Å². The van der Waals surface area contributed by atoms with Crippen LogP contribution in [-0.2, 0) is 26.6 Å². The Balaban J connectivity index is 2.36. The predicted octanol–water partition coefficient (Wildman–Crippen LogP) is -0.0796. The van der Waals surface area contributed by atoms with Gasteiger partial charge in [-0.15, -0.1) is 0 Å². The molecule has 2 rings (SSSR count). The zero-order valence-corrected chi connectivity index (χ0v) is 12.8. The summed E-state index contributed by atoms with van der Waals surface area (Å²) in [6.07, 6.45) is 3.38. The summed E-state index contributed by atoms with van der Waals surface area (Å²) in [5.74, 6) is -1.90. The molecule has 9 heteroatoms. The molecule has 0 aromatic carbocycles. The van der Waals surface area contributed by atoms with Crippen LogP contribution in [0.4, 0.5) is 0 Å². The molecule has 1 N–H and O–H groups in total. The van der Waals surface area contributed by atoms with Gasteiger partial charge in [0, 0.05) is 19.8 Å². The zero-order valence-electron chi connectivity index (χ0n) is 12.0. The predicted molar refractivity (Wildman–Crippen MR) is 73.1 cm³/mol. The minimum atomic E-state index is -3.83. The molecule has 0 saturated carbocycles. The molecular weight excluding hydrogens is 298 g/mol. The van der Waals surface area contributed by atoms with Crippen molar-refractivity contribution < 1.29 is 23.1 Å². The molecule has 2 atom stereocenters. The number of rotatable bonds is 6. The van der Waals surface area contributed by atoms with Crippen molar-refractivity contribution in [2.75, 3.05) is 19.8 Å². The molecule has 2 unspecified atom stereocenters. The summed E-state index contributed by atoms with van der Waals surface area (Å²) in [4.78, 5) is 15.1. The van der Waals surface area contributed by atoms with Gasteiger partial charge in [0.1, 0.15) is 0 Å². The second kappa shape index (κ2) is 6.12. The normalized spacial score (nSPS) is 22.8. The highest BCUT2D eigenvalue weighted by Crippen LogP contribution is 2.26. The van der Waals surface area contributed by atoms with Gasteiger partial charge >= 0.3 is 5.97 Å².